The quantitative estimate of drug-likeness (QED) is 0.810. The van der Waals surface area contributed by atoms with Crippen molar-refractivity contribution in [3.05, 3.63) is 33.4 Å². The maximum atomic E-state index is 12.3. The van der Waals surface area contributed by atoms with Crippen LogP contribution < -0.4 is 5.73 Å². The minimum Gasteiger partial charge on any atom is -0.342 e. The Morgan fingerprint density at radius 2 is 2.21 bits per heavy atom. The number of rotatable bonds is 2. The van der Waals surface area contributed by atoms with Gasteiger partial charge < -0.3 is 10.6 Å². The van der Waals surface area contributed by atoms with E-state index in [9.17, 15) is 4.79 Å². The second kappa shape index (κ2) is 5.40. The van der Waals surface area contributed by atoms with Gasteiger partial charge in [-0.25, -0.2) is 0 Å². The van der Waals surface area contributed by atoms with Gasteiger partial charge in [-0.3, -0.25) is 4.79 Å². The molecule has 3 nitrogen and oxygen atoms in total. The Labute approximate surface area is 127 Å². The van der Waals surface area contributed by atoms with Crippen molar-refractivity contribution < 1.29 is 4.79 Å². The summed E-state index contributed by atoms with van der Waals surface area (Å²) in [7, 11) is 0. The molecule has 0 bridgehead atoms. The summed E-state index contributed by atoms with van der Waals surface area (Å²) in [5, 5.41) is 0. The molecule has 0 aromatic heterocycles. The summed E-state index contributed by atoms with van der Waals surface area (Å²) in [5.41, 5.74) is 7.23. The highest BCUT2D eigenvalue weighted by Gasteiger charge is 2.42. The summed E-state index contributed by atoms with van der Waals surface area (Å²) in [5.74, 6) is 1.44. The van der Waals surface area contributed by atoms with Crippen LogP contribution in [0.5, 0.6) is 0 Å². The van der Waals surface area contributed by atoms with Gasteiger partial charge in [0.25, 0.3) is 0 Å². The first-order valence-corrected chi connectivity index (χ1v) is 7.99. The van der Waals surface area contributed by atoms with Gasteiger partial charge in [-0.05, 0) is 65.0 Å². The van der Waals surface area contributed by atoms with Gasteiger partial charge in [-0.15, -0.1) is 0 Å². The Hall–Kier alpha value is -0.620. The predicted octanol–water partition coefficient (Wildman–Crippen LogP) is 2.03. The molecule has 1 amide bonds. The summed E-state index contributed by atoms with van der Waals surface area (Å²) in [6, 6.07) is 8.48. The molecule has 1 aromatic carbocycles. The molecule has 1 saturated carbocycles. The highest BCUT2D eigenvalue weighted by Crippen LogP contribution is 2.37. The number of hydrogen-bond acceptors (Lipinski definition) is 2. The van der Waals surface area contributed by atoms with E-state index in [0.717, 1.165) is 25.1 Å². The third kappa shape index (κ3) is 2.79. The number of nitrogens with zero attached hydrogens (tertiary/aromatic N) is 1. The van der Waals surface area contributed by atoms with E-state index in [4.69, 9.17) is 5.73 Å². The van der Waals surface area contributed by atoms with Crippen LogP contribution >= 0.6 is 22.6 Å². The van der Waals surface area contributed by atoms with E-state index in [-0.39, 0.29) is 5.91 Å². The van der Waals surface area contributed by atoms with Crippen LogP contribution in [-0.4, -0.2) is 29.9 Å². The van der Waals surface area contributed by atoms with Crippen LogP contribution in [0.15, 0.2) is 24.3 Å². The van der Waals surface area contributed by atoms with Crippen LogP contribution in [0.3, 0.4) is 0 Å². The first kappa shape index (κ1) is 13.4. The van der Waals surface area contributed by atoms with Crippen molar-refractivity contribution in [2.45, 2.75) is 25.3 Å². The van der Waals surface area contributed by atoms with Crippen LogP contribution in [0.4, 0.5) is 0 Å². The predicted molar refractivity (Wildman–Crippen MR) is 83.6 cm³/mol. The monoisotopic (exact) mass is 370 g/mol. The zero-order valence-electron chi connectivity index (χ0n) is 10.9. The lowest BCUT2D eigenvalue weighted by Gasteiger charge is -2.18. The van der Waals surface area contributed by atoms with Crippen molar-refractivity contribution in [1.82, 2.24) is 4.90 Å². The molecule has 0 radical (unpaired) electrons. The Bertz CT molecular complexity index is 491. The fraction of sp³-hybridized carbons (Fsp3) is 0.533. The van der Waals surface area contributed by atoms with Gasteiger partial charge in [0.05, 0.1) is 6.42 Å². The average Bonchev–Trinajstić information content (AvgIpc) is 2.92. The summed E-state index contributed by atoms with van der Waals surface area (Å²) in [6.07, 6.45) is 2.85. The third-order valence-corrected chi connectivity index (χ3v) is 5.18. The average molecular weight is 370 g/mol. The number of halogens is 1. The number of likely N-dealkylation sites (tertiary alicyclic amines) is 1. The first-order chi connectivity index (χ1) is 9.13. The van der Waals surface area contributed by atoms with Gasteiger partial charge in [0, 0.05) is 22.7 Å². The molecule has 0 spiro atoms. The molecule has 1 aromatic rings. The van der Waals surface area contributed by atoms with Gasteiger partial charge >= 0.3 is 0 Å². The molecule has 4 heteroatoms. The molecular formula is C15H19IN2O. The molecule has 1 aliphatic heterocycles. The minimum absolute atomic E-state index is 0.253. The third-order valence-electron chi connectivity index (χ3n) is 4.51. The van der Waals surface area contributed by atoms with Crippen LogP contribution in [0.2, 0.25) is 0 Å². The molecule has 102 valence electrons. The standard InChI is InChI=1S/C15H19IN2O/c16-12-3-1-2-10(6-12)7-15(19)18-8-11-4-5-14(17)13(11)9-18/h1-3,6,11,13-14H,4-5,7-9,17H2. The van der Waals surface area contributed by atoms with E-state index >= 15 is 0 Å². The lowest BCUT2D eigenvalue weighted by atomic mass is 9.98. The maximum absolute atomic E-state index is 12.3. The second-order valence-electron chi connectivity index (χ2n) is 5.77. The normalized spacial score (nSPS) is 29.6. The summed E-state index contributed by atoms with van der Waals surface area (Å²) >= 11 is 2.28. The van der Waals surface area contributed by atoms with Crippen molar-refractivity contribution in [1.29, 1.82) is 0 Å². The molecule has 19 heavy (non-hydrogen) atoms. The summed E-state index contributed by atoms with van der Waals surface area (Å²) in [6.45, 7) is 1.79. The Kier molecular flexibility index (Phi) is 3.80. The van der Waals surface area contributed by atoms with E-state index in [1.807, 2.05) is 23.1 Å². The van der Waals surface area contributed by atoms with Gasteiger partial charge in [-0.1, -0.05) is 12.1 Å². The van der Waals surface area contributed by atoms with Crippen LogP contribution in [0, 0.1) is 15.4 Å². The number of nitrogens with two attached hydrogens (primary N) is 1. The van der Waals surface area contributed by atoms with Crippen molar-refractivity contribution >= 4 is 28.5 Å². The topological polar surface area (TPSA) is 46.3 Å². The lowest BCUT2D eigenvalue weighted by molar-refractivity contribution is -0.129. The Morgan fingerprint density at radius 1 is 1.37 bits per heavy atom. The zero-order valence-corrected chi connectivity index (χ0v) is 13.0. The van der Waals surface area contributed by atoms with Crippen LogP contribution in [0.1, 0.15) is 18.4 Å². The van der Waals surface area contributed by atoms with Crippen molar-refractivity contribution in [2.75, 3.05) is 13.1 Å². The SMILES string of the molecule is NC1CCC2CN(C(=O)Cc3cccc(I)c3)CC12. The van der Waals surface area contributed by atoms with E-state index in [1.54, 1.807) is 0 Å². The summed E-state index contributed by atoms with van der Waals surface area (Å²) < 4.78 is 1.18. The smallest absolute Gasteiger partial charge is 0.227 e. The molecule has 2 N–H and O–H groups in total. The number of fused-ring (bicyclic) bond motifs is 1. The number of hydrogen-bond donors (Lipinski definition) is 1. The lowest BCUT2D eigenvalue weighted by Crippen LogP contribution is -2.34. The largest absolute Gasteiger partial charge is 0.342 e. The number of benzene rings is 1. The Morgan fingerprint density at radius 3 is 2.95 bits per heavy atom. The van der Waals surface area contributed by atoms with E-state index in [1.165, 1.54) is 9.99 Å². The fourth-order valence-electron chi connectivity index (χ4n) is 3.44. The fourth-order valence-corrected chi connectivity index (χ4v) is 4.05. The molecule has 3 atom stereocenters. The van der Waals surface area contributed by atoms with Gasteiger partial charge in [0.15, 0.2) is 0 Å². The second-order valence-corrected chi connectivity index (χ2v) is 7.02. The van der Waals surface area contributed by atoms with E-state index in [0.29, 0.717) is 24.3 Å². The minimum atomic E-state index is 0.253. The Balaban J connectivity index is 1.63. The molecule has 3 rings (SSSR count). The van der Waals surface area contributed by atoms with Crippen LogP contribution in [0.25, 0.3) is 0 Å². The highest BCUT2D eigenvalue weighted by molar-refractivity contribution is 14.1. The van der Waals surface area contributed by atoms with E-state index in [2.05, 4.69) is 28.7 Å². The number of carbonyl (C=O) groups excluding carboxylic acids is 1. The zero-order chi connectivity index (χ0) is 13.4. The van der Waals surface area contributed by atoms with Crippen molar-refractivity contribution in [3.63, 3.8) is 0 Å². The molecular weight excluding hydrogens is 351 g/mol. The number of carbonyl (C=O) groups is 1. The molecule has 1 aliphatic carbocycles. The van der Waals surface area contributed by atoms with E-state index < -0.39 is 0 Å². The highest BCUT2D eigenvalue weighted by atomic mass is 127. The molecule has 1 heterocycles. The number of amides is 1. The maximum Gasteiger partial charge on any atom is 0.227 e. The van der Waals surface area contributed by atoms with Gasteiger partial charge in [0.1, 0.15) is 0 Å². The van der Waals surface area contributed by atoms with Crippen molar-refractivity contribution in [2.24, 2.45) is 17.6 Å². The molecule has 2 aliphatic rings. The van der Waals surface area contributed by atoms with Crippen molar-refractivity contribution in [3.8, 4) is 0 Å². The summed E-state index contributed by atoms with van der Waals surface area (Å²) in [4.78, 5) is 14.4. The molecule has 2 fully saturated rings. The van der Waals surface area contributed by atoms with Crippen LogP contribution in [-0.2, 0) is 11.2 Å². The first-order valence-electron chi connectivity index (χ1n) is 6.91. The van der Waals surface area contributed by atoms with Gasteiger partial charge in [0.2, 0.25) is 5.91 Å². The van der Waals surface area contributed by atoms with Gasteiger partial charge in [-0.2, -0.15) is 0 Å². The molecule has 3 unspecified atom stereocenters. The molecule has 1 saturated heterocycles.